The van der Waals surface area contributed by atoms with Gasteiger partial charge in [-0.15, -0.1) is 0 Å². The van der Waals surface area contributed by atoms with Gasteiger partial charge < -0.3 is 30.0 Å². The molecule has 0 saturated heterocycles. The van der Waals surface area contributed by atoms with Crippen LogP contribution in [0.5, 0.6) is 23.0 Å². The topological polar surface area (TPSA) is 127 Å². The summed E-state index contributed by atoms with van der Waals surface area (Å²) in [4.78, 5) is 24.8. The van der Waals surface area contributed by atoms with Crippen molar-refractivity contribution in [3.63, 3.8) is 0 Å². The third-order valence-electron chi connectivity index (χ3n) is 4.97. The van der Waals surface area contributed by atoms with E-state index in [1.165, 1.54) is 0 Å². The highest BCUT2D eigenvalue weighted by Crippen LogP contribution is 2.36. The Labute approximate surface area is 203 Å². The van der Waals surface area contributed by atoms with Crippen LogP contribution in [0.4, 0.5) is 5.82 Å². The maximum absolute atomic E-state index is 13.0. The molecular formula is C25H30N4O6. The molecule has 1 atom stereocenters. The number of carbonyl (C=O) groups excluding carboxylic acids is 2. The second-order valence-corrected chi connectivity index (χ2v) is 7.87. The molecule has 0 aliphatic carbocycles. The number of benzene rings is 2. The summed E-state index contributed by atoms with van der Waals surface area (Å²) < 4.78 is 24.4. The molecule has 10 heteroatoms. The van der Waals surface area contributed by atoms with Crippen molar-refractivity contribution in [2.45, 2.75) is 26.9 Å². The third-order valence-corrected chi connectivity index (χ3v) is 4.97. The second-order valence-electron chi connectivity index (χ2n) is 7.87. The van der Waals surface area contributed by atoms with Crippen molar-refractivity contribution < 1.29 is 28.5 Å². The Hall–Kier alpha value is -4.05. The molecule has 3 rings (SSSR count). The third kappa shape index (κ3) is 6.51. The lowest BCUT2D eigenvalue weighted by atomic mass is 10.1. The van der Waals surface area contributed by atoms with Gasteiger partial charge in [0.1, 0.15) is 29.1 Å². The van der Waals surface area contributed by atoms with Gasteiger partial charge >= 0.3 is 0 Å². The summed E-state index contributed by atoms with van der Waals surface area (Å²) >= 11 is 0. The molecule has 0 saturated carbocycles. The Balaban J connectivity index is 1.97. The quantitative estimate of drug-likeness (QED) is 0.427. The van der Waals surface area contributed by atoms with Crippen molar-refractivity contribution in [2.75, 3.05) is 25.6 Å². The van der Waals surface area contributed by atoms with Gasteiger partial charge in [-0.2, -0.15) is 5.10 Å². The number of hydrogen-bond donors (Lipinski definition) is 2. The van der Waals surface area contributed by atoms with Gasteiger partial charge in [-0.1, -0.05) is 0 Å². The van der Waals surface area contributed by atoms with Gasteiger partial charge in [0.05, 0.1) is 18.8 Å². The predicted octanol–water partition coefficient (Wildman–Crippen LogP) is 3.68. The summed E-state index contributed by atoms with van der Waals surface area (Å²) in [6.07, 6.45) is 1.47. The van der Waals surface area contributed by atoms with Crippen molar-refractivity contribution in [1.82, 2.24) is 9.78 Å². The van der Waals surface area contributed by atoms with Crippen LogP contribution in [0.3, 0.4) is 0 Å². The summed E-state index contributed by atoms with van der Waals surface area (Å²) in [7, 11) is 3.34. The average molecular weight is 483 g/mol. The van der Waals surface area contributed by atoms with Gasteiger partial charge in [-0.05, 0) is 45.0 Å². The van der Waals surface area contributed by atoms with Gasteiger partial charge in [0, 0.05) is 43.6 Å². The largest absolute Gasteiger partial charge is 0.493 e. The Morgan fingerprint density at radius 3 is 2.54 bits per heavy atom. The van der Waals surface area contributed by atoms with Crippen LogP contribution in [0, 0.1) is 6.92 Å². The Kier molecular flexibility index (Phi) is 8.32. The molecule has 0 bridgehead atoms. The van der Waals surface area contributed by atoms with Gasteiger partial charge in [0.2, 0.25) is 0 Å². The number of rotatable bonds is 11. The zero-order valence-electron chi connectivity index (χ0n) is 20.5. The Morgan fingerprint density at radius 1 is 1.17 bits per heavy atom. The van der Waals surface area contributed by atoms with Gasteiger partial charge in [0.15, 0.2) is 5.82 Å². The molecule has 0 aliphatic heterocycles. The van der Waals surface area contributed by atoms with E-state index < -0.39 is 5.91 Å². The number of amides is 2. The van der Waals surface area contributed by atoms with Crippen LogP contribution >= 0.6 is 0 Å². The predicted molar refractivity (Wildman–Crippen MR) is 131 cm³/mol. The first-order chi connectivity index (χ1) is 16.7. The van der Waals surface area contributed by atoms with E-state index in [0.717, 1.165) is 0 Å². The monoisotopic (exact) mass is 482 g/mol. The SMILES string of the molecule is CCOc1c(C(N)=O)ccc(Oc2cc(O[C@@H](C)COC)cc(C(=O)Nc3ccn(C)n3)c2)c1C. The standard InChI is InChI=1S/C25H30N4O6/c1-6-33-23-16(3)21(8-7-20(23)24(26)30)35-19-12-17(11-18(13-19)34-15(2)14-32-5)25(31)27-22-9-10-29(4)28-22/h7-13,15H,6,14H2,1-5H3,(H2,26,30)(H,27,28,31)/t15-/m0/s1. The summed E-state index contributed by atoms with van der Waals surface area (Å²) in [5.41, 5.74) is 6.66. The molecule has 1 aromatic heterocycles. The van der Waals surface area contributed by atoms with E-state index in [2.05, 4.69) is 10.4 Å². The molecule has 0 radical (unpaired) electrons. The maximum Gasteiger partial charge on any atom is 0.257 e. The van der Waals surface area contributed by atoms with Crippen LogP contribution < -0.4 is 25.3 Å². The summed E-state index contributed by atoms with van der Waals surface area (Å²) in [5.74, 6) is 1.01. The molecule has 0 unspecified atom stereocenters. The van der Waals surface area contributed by atoms with Crippen molar-refractivity contribution in [1.29, 1.82) is 0 Å². The second kappa shape index (κ2) is 11.4. The average Bonchev–Trinajstić information content (AvgIpc) is 3.20. The van der Waals surface area contributed by atoms with E-state index in [1.807, 2.05) is 13.8 Å². The lowest BCUT2D eigenvalue weighted by molar-refractivity contribution is 0.0915. The number of nitrogens with two attached hydrogens (primary N) is 1. The highest BCUT2D eigenvalue weighted by Gasteiger charge is 2.18. The van der Waals surface area contributed by atoms with Gasteiger partial charge in [-0.3, -0.25) is 14.3 Å². The van der Waals surface area contributed by atoms with Crippen molar-refractivity contribution >= 4 is 17.6 Å². The zero-order valence-corrected chi connectivity index (χ0v) is 20.5. The fourth-order valence-corrected chi connectivity index (χ4v) is 3.44. The van der Waals surface area contributed by atoms with E-state index in [4.69, 9.17) is 24.7 Å². The molecule has 3 aromatic rings. The van der Waals surface area contributed by atoms with Crippen LogP contribution in [-0.2, 0) is 11.8 Å². The number of carbonyl (C=O) groups is 2. The molecule has 35 heavy (non-hydrogen) atoms. The smallest absolute Gasteiger partial charge is 0.257 e. The molecule has 2 amide bonds. The van der Waals surface area contributed by atoms with Crippen LogP contribution in [0.2, 0.25) is 0 Å². The number of aromatic nitrogens is 2. The first-order valence-electron chi connectivity index (χ1n) is 11.1. The number of nitrogens with one attached hydrogen (secondary N) is 1. The van der Waals surface area contributed by atoms with E-state index in [9.17, 15) is 9.59 Å². The number of methoxy groups -OCH3 is 1. The fourth-order valence-electron chi connectivity index (χ4n) is 3.44. The van der Waals surface area contributed by atoms with Crippen molar-refractivity contribution in [2.24, 2.45) is 12.8 Å². The minimum atomic E-state index is -0.598. The maximum atomic E-state index is 13.0. The van der Waals surface area contributed by atoms with Crippen molar-refractivity contribution in [3.05, 3.63) is 59.3 Å². The Morgan fingerprint density at radius 2 is 1.91 bits per heavy atom. The van der Waals surface area contributed by atoms with Crippen LogP contribution in [0.1, 0.15) is 40.1 Å². The summed E-state index contributed by atoms with van der Waals surface area (Å²) in [6, 6.07) is 9.75. The number of anilines is 1. The Bertz CT molecular complexity index is 1210. The van der Waals surface area contributed by atoms with Crippen LogP contribution in [0.15, 0.2) is 42.6 Å². The molecule has 1 heterocycles. The van der Waals surface area contributed by atoms with Crippen LogP contribution in [-0.4, -0.2) is 48.0 Å². The molecule has 10 nitrogen and oxygen atoms in total. The zero-order chi connectivity index (χ0) is 25.5. The van der Waals surface area contributed by atoms with E-state index in [0.29, 0.717) is 53.2 Å². The molecule has 186 valence electrons. The summed E-state index contributed by atoms with van der Waals surface area (Å²) in [6.45, 7) is 6.15. The van der Waals surface area contributed by atoms with Crippen molar-refractivity contribution in [3.8, 4) is 23.0 Å². The molecule has 2 aromatic carbocycles. The molecule has 0 spiro atoms. The number of ether oxygens (including phenoxy) is 4. The molecule has 3 N–H and O–H groups in total. The van der Waals surface area contributed by atoms with E-state index in [-0.39, 0.29) is 17.6 Å². The van der Waals surface area contributed by atoms with Crippen LogP contribution in [0.25, 0.3) is 0 Å². The minimum absolute atomic E-state index is 0.261. The first-order valence-corrected chi connectivity index (χ1v) is 11.1. The number of nitrogens with zero attached hydrogens (tertiary/aromatic N) is 2. The lowest BCUT2D eigenvalue weighted by Crippen LogP contribution is -2.18. The first kappa shape index (κ1) is 25.6. The highest BCUT2D eigenvalue weighted by atomic mass is 16.5. The fraction of sp³-hybridized carbons (Fsp3) is 0.320. The van der Waals surface area contributed by atoms with E-state index >= 15 is 0 Å². The molecular weight excluding hydrogens is 452 g/mol. The number of aryl methyl sites for hydroxylation is 1. The number of primary amides is 1. The highest BCUT2D eigenvalue weighted by molar-refractivity contribution is 6.04. The van der Waals surface area contributed by atoms with Gasteiger partial charge in [-0.25, -0.2) is 0 Å². The number of hydrogen-bond acceptors (Lipinski definition) is 7. The lowest BCUT2D eigenvalue weighted by Gasteiger charge is -2.18. The minimum Gasteiger partial charge on any atom is -0.493 e. The molecule has 0 fully saturated rings. The summed E-state index contributed by atoms with van der Waals surface area (Å²) in [5, 5.41) is 6.93. The van der Waals surface area contributed by atoms with Gasteiger partial charge in [0.25, 0.3) is 11.8 Å². The van der Waals surface area contributed by atoms with E-state index in [1.54, 1.807) is 68.4 Å². The normalized spacial score (nSPS) is 11.6. The molecule has 0 aliphatic rings.